The van der Waals surface area contributed by atoms with Crippen molar-refractivity contribution < 1.29 is 4.74 Å². The van der Waals surface area contributed by atoms with Crippen molar-refractivity contribution in [2.45, 2.75) is 18.4 Å². The summed E-state index contributed by atoms with van der Waals surface area (Å²) in [7, 11) is 0. The Kier molecular flexibility index (Phi) is 5.29. The molecule has 3 aromatic rings. The normalized spacial score (nSPS) is 21.2. The number of nitrogens with zero attached hydrogens (tertiary/aromatic N) is 1. The topological polar surface area (TPSA) is 33.6 Å². The van der Waals surface area contributed by atoms with E-state index in [2.05, 4.69) is 76.9 Å². The van der Waals surface area contributed by atoms with Gasteiger partial charge in [-0.1, -0.05) is 60.5 Å². The SMILES string of the molecule is C#CCOc1ccccc1C=Nc1ccc([C@@H]2Nc3ccccc3[C@@H]3C=CC[C@@H]32)cc1. The van der Waals surface area contributed by atoms with E-state index in [0.29, 0.717) is 17.9 Å². The Labute approximate surface area is 183 Å². The Hall–Kier alpha value is -3.77. The second-order valence-corrected chi connectivity index (χ2v) is 7.94. The van der Waals surface area contributed by atoms with Crippen LogP contribution in [0.25, 0.3) is 0 Å². The third kappa shape index (κ3) is 3.85. The molecule has 0 fully saturated rings. The van der Waals surface area contributed by atoms with Gasteiger partial charge in [-0.2, -0.15) is 0 Å². The molecule has 2 aliphatic rings. The van der Waals surface area contributed by atoms with Crippen molar-refractivity contribution in [1.29, 1.82) is 0 Å². The second-order valence-electron chi connectivity index (χ2n) is 7.94. The first-order chi connectivity index (χ1) is 15.3. The van der Waals surface area contributed by atoms with Crippen LogP contribution in [0, 0.1) is 18.3 Å². The maximum absolute atomic E-state index is 5.60. The molecule has 3 nitrogen and oxygen atoms in total. The summed E-state index contributed by atoms with van der Waals surface area (Å²) in [5.74, 6) is 4.27. The number of hydrogen-bond acceptors (Lipinski definition) is 3. The number of allylic oxidation sites excluding steroid dienone is 2. The summed E-state index contributed by atoms with van der Waals surface area (Å²) in [6.45, 7) is 0.244. The third-order valence-electron chi connectivity index (χ3n) is 6.11. The molecule has 1 aliphatic heterocycles. The summed E-state index contributed by atoms with van der Waals surface area (Å²) in [5, 5.41) is 3.78. The van der Waals surface area contributed by atoms with Gasteiger partial charge in [-0.25, -0.2) is 0 Å². The van der Waals surface area contributed by atoms with Crippen molar-refractivity contribution in [2.24, 2.45) is 10.9 Å². The van der Waals surface area contributed by atoms with Crippen molar-refractivity contribution in [3.8, 4) is 18.1 Å². The molecule has 0 spiro atoms. The van der Waals surface area contributed by atoms with Crippen LogP contribution in [0.15, 0.2) is 89.9 Å². The standard InChI is InChI=1S/C28H24N2O/c1-2-18-31-27-13-6-3-8-21(27)19-29-22-16-14-20(15-17-22)28-25-11-7-10-23(25)24-9-4-5-12-26(24)30-28/h1,3-10,12-17,19,23,25,28,30H,11,18H2/t23-,25-,28-/m0/s1. The number of fused-ring (bicyclic) bond motifs is 3. The lowest BCUT2D eigenvalue weighted by molar-refractivity contribution is 0.370. The highest BCUT2D eigenvalue weighted by Crippen LogP contribution is 2.49. The number of para-hydroxylation sites is 2. The number of benzene rings is 3. The van der Waals surface area contributed by atoms with Crippen LogP contribution in [-0.4, -0.2) is 12.8 Å². The van der Waals surface area contributed by atoms with E-state index in [0.717, 1.165) is 23.4 Å². The van der Waals surface area contributed by atoms with E-state index in [1.54, 1.807) is 0 Å². The van der Waals surface area contributed by atoms with Gasteiger partial charge in [0.1, 0.15) is 12.4 Å². The fraction of sp³-hybridized carbons (Fsp3) is 0.179. The molecule has 3 atom stereocenters. The number of hydrogen-bond donors (Lipinski definition) is 1. The zero-order chi connectivity index (χ0) is 21.0. The van der Waals surface area contributed by atoms with Gasteiger partial charge in [-0.3, -0.25) is 4.99 Å². The fourth-order valence-corrected chi connectivity index (χ4v) is 4.62. The molecule has 0 radical (unpaired) electrons. The Bertz CT molecular complexity index is 1170. The Morgan fingerprint density at radius 2 is 1.84 bits per heavy atom. The molecule has 0 bridgehead atoms. The molecule has 0 amide bonds. The van der Waals surface area contributed by atoms with Crippen molar-refractivity contribution in [3.05, 3.63) is 102 Å². The molecule has 1 heterocycles. The first kappa shape index (κ1) is 19.2. The number of terminal acetylenes is 1. The lowest BCUT2D eigenvalue weighted by atomic mass is 9.77. The largest absolute Gasteiger partial charge is 0.480 e. The quantitative estimate of drug-likeness (QED) is 0.309. The summed E-state index contributed by atoms with van der Waals surface area (Å²) in [4.78, 5) is 4.64. The highest BCUT2D eigenvalue weighted by atomic mass is 16.5. The molecular formula is C28H24N2O. The Morgan fingerprint density at radius 1 is 1.03 bits per heavy atom. The van der Waals surface area contributed by atoms with Crippen molar-refractivity contribution in [2.75, 3.05) is 11.9 Å². The predicted molar refractivity (Wildman–Crippen MR) is 127 cm³/mol. The van der Waals surface area contributed by atoms with Gasteiger partial charge in [-0.15, -0.1) is 6.42 Å². The van der Waals surface area contributed by atoms with Gasteiger partial charge in [0.2, 0.25) is 0 Å². The summed E-state index contributed by atoms with van der Waals surface area (Å²) in [6, 6.07) is 25.3. The summed E-state index contributed by atoms with van der Waals surface area (Å²) < 4.78 is 5.60. The lowest BCUT2D eigenvalue weighted by Gasteiger charge is -2.37. The van der Waals surface area contributed by atoms with Crippen LogP contribution >= 0.6 is 0 Å². The molecule has 0 saturated carbocycles. The highest BCUT2D eigenvalue weighted by molar-refractivity contribution is 5.85. The van der Waals surface area contributed by atoms with Gasteiger partial charge < -0.3 is 10.1 Å². The molecule has 5 rings (SSSR count). The van der Waals surface area contributed by atoms with Gasteiger partial charge >= 0.3 is 0 Å². The van der Waals surface area contributed by atoms with Crippen molar-refractivity contribution >= 4 is 17.6 Å². The molecule has 0 unspecified atom stereocenters. The number of ether oxygens (including phenoxy) is 1. The van der Waals surface area contributed by atoms with Crippen LogP contribution in [0.1, 0.15) is 35.1 Å². The van der Waals surface area contributed by atoms with Gasteiger partial charge in [0.25, 0.3) is 0 Å². The lowest BCUT2D eigenvalue weighted by Crippen LogP contribution is -2.28. The maximum Gasteiger partial charge on any atom is 0.148 e. The monoisotopic (exact) mass is 404 g/mol. The van der Waals surface area contributed by atoms with Gasteiger partial charge in [0.05, 0.1) is 11.7 Å². The van der Waals surface area contributed by atoms with E-state index in [4.69, 9.17) is 11.2 Å². The molecule has 1 N–H and O–H groups in total. The smallest absolute Gasteiger partial charge is 0.148 e. The van der Waals surface area contributed by atoms with E-state index in [9.17, 15) is 0 Å². The molecule has 31 heavy (non-hydrogen) atoms. The molecule has 152 valence electrons. The van der Waals surface area contributed by atoms with Crippen LogP contribution in [-0.2, 0) is 0 Å². The van der Waals surface area contributed by atoms with E-state index in [1.165, 1.54) is 16.8 Å². The van der Waals surface area contributed by atoms with Crippen LogP contribution in [0.5, 0.6) is 5.75 Å². The minimum Gasteiger partial charge on any atom is -0.480 e. The van der Waals surface area contributed by atoms with E-state index in [-0.39, 0.29) is 6.61 Å². The molecule has 1 aliphatic carbocycles. The summed E-state index contributed by atoms with van der Waals surface area (Å²) >= 11 is 0. The minimum atomic E-state index is 0.244. The van der Waals surface area contributed by atoms with Gasteiger partial charge in [-0.05, 0) is 53.8 Å². The Balaban J connectivity index is 1.36. The zero-order valence-electron chi connectivity index (χ0n) is 17.2. The highest BCUT2D eigenvalue weighted by Gasteiger charge is 2.37. The van der Waals surface area contributed by atoms with Crippen LogP contribution in [0.4, 0.5) is 11.4 Å². The Morgan fingerprint density at radius 3 is 2.71 bits per heavy atom. The van der Waals surface area contributed by atoms with Gasteiger partial charge in [0.15, 0.2) is 0 Å². The number of rotatable bonds is 5. The van der Waals surface area contributed by atoms with Crippen molar-refractivity contribution in [3.63, 3.8) is 0 Å². The molecule has 0 aromatic heterocycles. The first-order valence-corrected chi connectivity index (χ1v) is 10.6. The molecule has 0 saturated heterocycles. The van der Waals surface area contributed by atoms with Gasteiger partial charge in [0, 0.05) is 23.4 Å². The fourth-order valence-electron chi connectivity index (χ4n) is 4.62. The first-order valence-electron chi connectivity index (χ1n) is 10.6. The van der Waals surface area contributed by atoms with Crippen LogP contribution in [0.3, 0.4) is 0 Å². The average molecular weight is 405 g/mol. The summed E-state index contributed by atoms with van der Waals surface area (Å²) in [6.07, 6.45) is 12.9. The zero-order valence-corrected chi connectivity index (χ0v) is 17.2. The van der Waals surface area contributed by atoms with Crippen molar-refractivity contribution in [1.82, 2.24) is 0 Å². The number of aliphatic imine (C=N–C) groups is 1. The minimum absolute atomic E-state index is 0.244. The molecule has 3 heteroatoms. The van der Waals surface area contributed by atoms with E-state index in [1.807, 2.05) is 30.5 Å². The second kappa shape index (κ2) is 8.53. The van der Waals surface area contributed by atoms with Crippen LogP contribution in [0.2, 0.25) is 0 Å². The van der Waals surface area contributed by atoms with E-state index < -0.39 is 0 Å². The maximum atomic E-state index is 5.60. The third-order valence-corrected chi connectivity index (χ3v) is 6.11. The predicted octanol–water partition coefficient (Wildman–Crippen LogP) is 6.28. The average Bonchev–Trinajstić information content (AvgIpc) is 3.32. The number of nitrogens with one attached hydrogen (secondary N) is 1. The summed E-state index contributed by atoms with van der Waals surface area (Å²) in [5.41, 5.74) is 5.76. The van der Waals surface area contributed by atoms with E-state index >= 15 is 0 Å². The molecular weight excluding hydrogens is 380 g/mol. The molecule has 3 aromatic carbocycles. The van der Waals surface area contributed by atoms with Crippen LogP contribution < -0.4 is 10.1 Å². The number of anilines is 1.